The van der Waals surface area contributed by atoms with Crippen molar-refractivity contribution in [1.29, 1.82) is 0 Å². The van der Waals surface area contributed by atoms with Gasteiger partial charge < -0.3 is 4.42 Å². The van der Waals surface area contributed by atoms with Crippen molar-refractivity contribution in [2.45, 2.75) is 20.6 Å². The number of nitrogens with zero attached hydrogens (tertiary/aromatic N) is 1. The molecule has 0 radical (unpaired) electrons. The highest BCUT2D eigenvalue weighted by Crippen LogP contribution is 2.38. The molecule has 0 saturated heterocycles. The predicted molar refractivity (Wildman–Crippen MR) is 117 cm³/mol. The molecule has 0 aliphatic carbocycles. The van der Waals surface area contributed by atoms with Gasteiger partial charge in [-0.25, -0.2) is 0 Å². The normalized spacial score (nSPS) is 17.5. The molecule has 3 aromatic carbocycles. The molecule has 2 heteroatoms. The fourth-order valence-electron chi connectivity index (χ4n) is 3.57. The molecule has 0 aliphatic rings. The van der Waals surface area contributed by atoms with Crippen LogP contribution in [0.2, 0.25) is 0 Å². The largest absolute Gasteiger partial charge is 0.455 e. The maximum atomic E-state index is 8.04. The van der Waals surface area contributed by atoms with E-state index in [1.807, 2.05) is 0 Å². The van der Waals surface area contributed by atoms with Crippen LogP contribution in [-0.2, 0) is 0 Å². The Bertz CT molecular complexity index is 1640. The first-order valence-corrected chi connectivity index (χ1v) is 8.82. The van der Waals surface area contributed by atoms with Gasteiger partial charge in [0, 0.05) is 34.9 Å². The molecule has 0 bridgehead atoms. The smallest absolute Gasteiger partial charge is 0.145 e. The molecular formula is C26H21NO. The van der Waals surface area contributed by atoms with E-state index in [0.717, 1.165) is 0 Å². The predicted octanol–water partition coefficient (Wildman–Crippen LogP) is 7.24. The second-order valence-electron chi connectivity index (χ2n) is 6.62. The van der Waals surface area contributed by atoms with Crippen molar-refractivity contribution in [2.75, 3.05) is 0 Å². The Morgan fingerprint density at radius 2 is 1.57 bits per heavy atom. The number of fused-ring (bicyclic) bond motifs is 3. The molecule has 0 fully saturated rings. The first-order valence-electron chi connectivity index (χ1n) is 13.3. The zero-order chi connectivity index (χ0) is 26.8. The maximum absolute atomic E-state index is 8.04. The van der Waals surface area contributed by atoms with Crippen LogP contribution < -0.4 is 0 Å². The molecule has 2 aromatic heterocycles. The van der Waals surface area contributed by atoms with Crippen LogP contribution in [-0.4, -0.2) is 4.98 Å². The minimum atomic E-state index is -2.55. The third-order valence-electron chi connectivity index (χ3n) is 4.92. The number of hydrogen-bond donors (Lipinski definition) is 0. The van der Waals surface area contributed by atoms with Crippen molar-refractivity contribution < 1.29 is 16.8 Å². The van der Waals surface area contributed by atoms with Crippen LogP contribution >= 0.6 is 0 Å². The topological polar surface area (TPSA) is 26.0 Å². The average molecular weight is 373 g/mol. The minimum Gasteiger partial charge on any atom is -0.455 e. The summed E-state index contributed by atoms with van der Waals surface area (Å²) in [6.45, 7) is -7.42. The molecule has 0 spiro atoms. The number of furan rings is 1. The molecular weight excluding hydrogens is 342 g/mol. The molecule has 28 heavy (non-hydrogen) atoms. The monoisotopic (exact) mass is 372 g/mol. The van der Waals surface area contributed by atoms with Crippen LogP contribution in [0, 0.1) is 20.6 Å². The summed E-state index contributed by atoms with van der Waals surface area (Å²) in [6, 6.07) is 18.0. The van der Waals surface area contributed by atoms with Gasteiger partial charge in [0.1, 0.15) is 11.2 Å². The summed E-state index contributed by atoms with van der Waals surface area (Å²) in [7, 11) is 0. The van der Waals surface area contributed by atoms with Gasteiger partial charge in [0.05, 0.1) is 5.69 Å². The fraction of sp³-hybridized carbons (Fsp3) is 0.115. The van der Waals surface area contributed by atoms with Crippen LogP contribution in [0.25, 0.3) is 44.3 Å². The molecule has 0 N–H and O–H groups in total. The average Bonchev–Trinajstić information content (AvgIpc) is 3.21. The lowest BCUT2D eigenvalue weighted by molar-refractivity contribution is 0.669. The van der Waals surface area contributed by atoms with Crippen LogP contribution in [0.3, 0.4) is 0 Å². The second kappa shape index (κ2) is 6.35. The van der Waals surface area contributed by atoms with Gasteiger partial charge in [-0.15, -0.1) is 0 Å². The molecule has 2 nitrogen and oxygen atoms in total. The quantitative estimate of drug-likeness (QED) is 0.326. The number of rotatable bonds is 2. The zero-order valence-electron chi connectivity index (χ0n) is 23.8. The lowest BCUT2D eigenvalue weighted by Crippen LogP contribution is -1.92. The van der Waals surface area contributed by atoms with Gasteiger partial charge in [-0.1, -0.05) is 48.5 Å². The second-order valence-corrected chi connectivity index (χ2v) is 6.62. The Morgan fingerprint density at radius 3 is 2.46 bits per heavy atom. The molecule has 136 valence electrons. The zero-order valence-corrected chi connectivity index (χ0v) is 14.8. The van der Waals surface area contributed by atoms with Gasteiger partial charge in [0.2, 0.25) is 0 Å². The van der Waals surface area contributed by atoms with E-state index in [0.29, 0.717) is 33.2 Å². The molecule has 2 heterocycles. The summed E-state index contributed by atoms with van der Waals surface area (Å²) in [5, 5.41) is 1.07. The Morgan fingerprint density at radius 1 is 0.750 bits per heavy atom. The number of hydrogen-bond acceptors (Lipinski definition) is 2. The summed E-state index contributed by atoms with van der Waals surface area (Å²) < 4.78 is 78.2. The van der Waals surface area contributed by atoms with Gasteiger partial charge >= 0.3 is 0 Å². The van der Waals surface area contributed by atoms with Crippen molar-refractivity contribution in [3.8, 4) is 22.4 Å². The molecule has 0 atom stereocenters. The summed E-state index contributed by atoms with van der Waals surface area (Å²) in [5.74, 6) is 0. The highest BCUT2D eigenvalue weighted by molar-refractivity contribution is 6.11. The van der Waals surface area contributed by atoms with Crippen LogP contribution in [0.1, 0.15) is 29.0 Å². The molecule has 0 unspecified atom stereocenters. The third kappa shape index (κ3) is 2.53. The number of aromatic nitrogens is 1. The molecule has 5 aromatic rings. The Balaban J connectivity index is 1.84. The number of pyridine rings is 1. The van der Waals surface area contributed by atoms with Crippen molar-refractivity contribution >= 4 is 21.9 Å². The van der Waals surface area contributed by atoms with Gasteiger partial charge in [0.25, 0.3) is 0 Å². The van der Waals surface area contributed by atoms with E-state index < -0.39 is 20.6 Å². The van der Waals surface area contributed by atoms with Crippen LogP contribution in [0.4, 0.5) is 0 Å². The van der Waals surface area contributed by atoms with Gasteiger partial charge in [-0.2, -0.15) is 0 Å². The lowest BCUT2D eigenvalue weighted by Gasteiger charge is -2.12. The lowest BCUT2D eigenvalue weighted by atomic mass is 9.95. The Labute approximate surface area is 177 Å². The van der Waals surface area contributed by atoms with Crippen molar-refractivity contribution in [3.63, 3.8) is 0 Å². The molecule has 0 amide bonds. The van der Waals surface area contributed by atoms with Crippen molar-refractivity contribution in [3.05, 3.63) is 89.6 Å². The Hall–Kier alpha value is -3.39. The van der Waals surface area contributed by atoms with Crippen molar-refractivity contribution in [2.24, 2.45) is 0 Å². The summed E-state index contributed by atoms with van der Waals surface area (Å²) in [4.78, 5) is 4.40. The Kier molecular flexibility index (Phi) is 2.20. The molecule has 5 rings (SSSR count). The van der Waals surface area contributed by atoms with E-state index in [-0.39, 0.29) is 27.8 Å². The highest BCUT2D eigenvalue weighted by Gasteiger charge is 2.16. The van der Waals surface area contributed by atoms with E-state index in [2.05, 4.69) is 4.98 Å². The standard InChI is InChI=1S/C26H21NO/c1-16-8-4-5-9-19(16)22-14-23(27-15-18(22)3)20-13-12-17(2)25-21-10-6-7-11-24(21)28-26(20)25/h4-15H,1-3H3/i1D3,2D3,3D3. The van der Waals surface area contributed by atoms with Gasteiger partial charge in [0.15, 0.2) is 0 Å². The van der Waals surface area contributed by atoms with Crippen molar-refractivity contribution in [1.82, 2.24) is 4.98 Å². The van der Waals surface area contributed by atoms with Gasteiger partial charge in [-0.05, 0) is 66.6 Å². The first-order chi connectivity index (χ1) is 17.3. The van der Waals surface area contributed by atoms with E-state index >= 15 is 0 Å². The number of benzene rings is 3. The molecule has 0 saturated carbocycles. The number of aryl methyl sites for hydroxylation is 3. The van der Waals surface area contributed by atoms with E-state index in [1.165, 1.54) is 24.4 Å². The van der Waals surface area contributed by atoms with E-state index in [1.54, 1.807) is 48.5 Å². The summed E-state index contributed by atoms with van der Waals surface area (Å²) >= 11 is 0. The van der Waals surface area contributed by atoms with E-state index in [4.69, 9.17) is 16.8 Å². The van der Waals surface area contributed by atoms with Crippen LogP contribution in [0.5, 0.6) is 0 Å². The summed E-state index contributed by atoms with van der Waals surface area (Å²) in [6.07, 6.45) is 1.22. The highest BCUT2D eigenvalue weighted by atomic mass is 16.3. The fourth-order valence-corrected chi connectivity index (χ4v) is 3.57. The SMILES string of the molecule is [2H]C([2H])([2H])c1ccccc1-c1cc(-c2ccc(C([2H])([2H])[2H])c3c2oc2ccccc23)ncc1C([2H])([2H])[2H]. The summed E-state index contributed by atoms with van der Waals surface area (Å²) in [5.41, 5.74) is 2.12. The minimum absolute atomic E-state index is 0.0179. The van der Waals surface area contributed by atoms with Gasteiger partial charge in [-0.3, -0.25) is 4.98 Å². The van der Waals surface area contributed by atoms with Crippen LogP contribution in [0.15, 0.2) is 77.3 Å². The first kappa shape index (κ1) is 9.70. The number of para-hydroxylation sites is 1. The van der Waals surface area contributed by atoms with E-state index in [9.17, 15) is 0 Å². The molecule has 0 aliphatic heterocycles. The maximum Gasteiger partial charge on any atom is 0.145 e. The third-order valence-corrected chi connectivity index (χ3v) is 4.92.